The third kappa shape index (κ3) is 6.06. The van der Waals surface area contributed by atoms with Crippen molar-refractivity contribution < 1.29 is 27.8 Å². The number of alkyl carbamates (subject to hydrolysis) is 1. The van der Waals surface area contributed by atoms with E-state index >= 15 is 0 Å². The third-order valence-electron chi connectivity index (χ3n) is 7.56. The molecule has 0 spiro atoms. The van der Waals surface area contributed by atoms with Crippen molar-refractivity contribution in [2.24, 2.45) is 0 Å². The van der Waals surface area contributed by atoms with E-state index in [0.29, 0.717) is 16.7 Å². The molecule has 0 atom stereocenters. The van der Waals surface area contributed by atoms with Gasteiger partial charge in [0.15, 0.2) is 0 Å². The van der Waals surface area contributed by atoms with Crippen LogP contribution >= 0.6 is 11.8 Å². The zero-order valence-corrected chi connectivity index (χ0v) is 24.2. The smallest absolute Gasteiger partial charge is 0.417 e. The summed E-state index contributed by atoms with van der Waals surface area (Å²) in [6.07, 6.45) is -3.98. The molecule has 0 saturated carbocycles. The molecule has 1 amide bonds. The van der Waals surface area contributed by atoms with Crippen molar-refractivity contribution >= 4 is 17.9 Å². The number of nitrogens with zero attached hydrogens (tertiary/aromatic N) is 1. The van der Waals surface area contributed by atoms with Gasteiger partial charge in [0.2, 0.25) is 0 Å². The molecule has 0 aliphatic heterocycles. The lowest BCUT2D eigenvalue weighted by molar-refractivity contribution is -0.139. The molecule has 44 heavy (non-hydrogen) atoms. The van der Waals surface area contributed by atoms with Crippen LogP contribution in [0.15, 0.2) is 119 Å². The fourth-order valence-corrected chi connectivity index (χ4v) is 6.62. The minimum absolute atomic E-state index is 0.0765. The van der Waals surface area contributed by atoms with Crippen molar-refractivity contribution in [1.82, 2.24) is 10.3 Å². The summed E-state index contributed by atoms with van der Waals surface area (Å²) >= 11 is 0.810. The molecule has 1 aromatic heterocycles. The number of amides is 1. The maximum atomic E-state index is 14.5. The number of nitrogens with one attached hydrogen (secondary N) is 1. The Bertz CT molecular complexity index is 1770. The van der Waals surface area contributed by atoms with E-state index in [0.717, 1.165) is 40.1 Å². The van der Waals surface area contributed by atoms with Gasteiger partial charge in [-0.2, -0.15) is 13.2 Å². The zero-order chi connectivity index (χ0) is 30.7. The van der Waals surface area contributed by atoms with Crippen molar-refractivity contribution in [3.8, 4) is 22.3 Å². The third-order valence-corrected chi connectivity index (χ3v) is 8.81. The fraction of sp³-hybridized carbons (Fsp3) is 0.143. The van der Waals surface area contributed by atoms with E-state index in [-0.39, 0.29) is 41.2 Å². The highest BCUT2D eigenvalue weighted by molar-refractivity contribution is 7.99. The molecule has 0 fully saturated rings. The number of alkyl halides is 3. The summed E-state index contributed by atoms with van der Waals surface area (Å²) in [7, 11) is 0. The standard InChI is InChI=1S/C35H27F3N2O3S/c36-35(37,38)31-18-24(22-9-2-1-3-10-22)17-25(32(31)44-33-23(20-41)11-8-16-39-33)19-40-34(42)43-21-30-28-14-6-4-12-26(28)27-13-5-7-15-29(27)30/h1-18,30,41H,19-21H2,(H,40,42). The van der Waals surface area contributed by atoms with Crippen LogP contribution in [0, 0.1) is 0 Å². The summed E-state index contributed by atoms with van der Waals surface area (Å²) in [5, 5.41) is 12.7. The van der Waals surface area contributed by atoms with Gasteiger partial charge in [0.25, 0.3) is 0 Å². The average molecular weight is 613 g/mol. The Morgan fingerprint density at radius 2 is 1.50 bits per heavy atom. The molecule has 1 aliphatic rings. The number of carbonyl (C=O) groups is 1. The Morgan fingerprint density at radius 1 is 0.841 bits per heavy atom. The zero-order valence-electron chi connectivity index (χ0n) is 23.3. The molecule has 2 N–H and O–H groups in total. The number of fused-ring (bicyclic) bond motifs is 3. The second-order valence-corrected chi connectivity index (χ2v) is 11.3. The van der Waals surface area contributed by atoms with E-state index < -0.39 is 17.8 Å². The van der Waals surface area contributed by atoms with E-state index in [1.807, 2.05) is 48.5 Å². The molecule has 0 saturated heterocycles. The number of aromatic nitrogens is 1. The first-order valence-electron chi connectivity index (χ1n) is 13.9. The predicted octanol–water partition coefficient (Wildman–Crippen LogP) is 8.45. The van der Waals surface area contributed by atoms with Gasteiger partial charge in [-0.1, -0.05) is 96.7 Å². The Balaban J connectivity index is 1.29. The summed E-state index contributed by atoms with van der Waals surface area (Å²) in [5.41, 5.74) is 5.03. The van der Waals surface area contributed by atoms with Gasteiger partial charge in [-0.3, -0.25) is 0 Å². The predicted molar refractivity (Wildman–Crippen MR) is 163 cm³/mol. The highest BCUT2D eigenvalue weighted by atomic mass is 32.2. The molecule has 6 rings (SSSR count). The number of ether oxygens (including phenoxy) is 1. The van der Waals surface area contributed by atoms with Crippen LogP contribution in [-0.4, -0.2) is 22.8 Å². The van der Waals surface area contributed by atoms with E-state index in [2.05, 4.69) is 10.3 Å². The highest BCUT2D eigenvalue weighted by Gasteiger charge is 2.36. The molecule has 4 aromatic carbocycles. The normalized spacial score (nSPS) is 12.5. The van der Waals surface area contributed by atoms with Crippen LogP contribution in [0.25, 0.3) is 22.3 Å². The number of hydrogen-bond donors (Lipinski definition) is 2. The number of halogens is 3. The summed E-state index contributed by atoms with van der Waals surface area (Å²) in [6.45, 7) is -0.524. The molecule has 0 unspecified atom stereocenters. The lowest BCUT2D eigenvalue weighted by Crippen LogP contribution is -2.26. The molecule has 222 valence electrons. The monoisotopic (exact) mass is 612 g/mol. The first kappa shape index (κ1) is 29.5. The van der Waals surface area contributed by atoms with E-state index in [4.69, 9.17) is 4.74 Å². The maximum Gasteiger partial charge on any atom is 0.417 e. The SMILES string of the molecule is O=C(NCc1cc(-c2ccccc2)cc(C(F)(F)F)c1Sc1ncccc1CO)OCC1c2ccccc2-c2ccccc21. The summed E-state index contributed by atoms with van der Waals surface area (Å²) in [5.74, 6) is -0.154. The number of pyridine rings is 1. The van der Waals surface area contributed by atoms with Crippen LogP contribution in [0.5, 0.6) is 0 Å². The largest absolute Gasteiger partial charge is 0.449 e. The fourth-order valence-electron chi connectivity index (χ4n) is 5.50. The molecule has 1 heterocycles. The second kappa shape index (κ2) is 12.6. The van der Waals surface area contributed by atoms with Gasteiger partial charge in [0, 0.05) is 29.1 Å². The molecular formula is C35H27F3N2O3S. The average Bonchev–Trinajstić information content (AvgIpc) is 3.36. The Kier molecular flexibility index (Phi) is 8.41. The molecule has 5 nitrogen and oxygen atoms in total. The number of aliphatic hydroxyl groups excluding tert-OH is 1. The van der Waals surface area contributed by atoms with Gasteiger partial charge in [-0.25, -0.2) is 9.78 Å². The first-order chi connectivity index (χ1) is 21.3. The summed E-state index contributed by atoms with van der Waals surface area (Å²) < 4.78 is 49.3. The number of carbonyl (C=O) groups excluding carboxylic acids is 1. The number of hydrogen-bond acceptors (Lipinski definition) is 5. The minimum Gasteiger partial charge on any atom is -0.449 e. The maximum absolute atomic E-state index is 14.5. The van der Waals surface area contributed by atoms with Gasteiger partial charge in [0.1, 0.15) is 11.6 Å². The quantitative estimate of drug-likeness (QED) is 0.184. The summed E-state index contributed by atoms with van der Waals surface area (Å²) in [6, 6.07) is 30.6. The van der Waals surface area contributed by atoms with Crippen LogP contribution in [0.2, 0.25) is 0 Å². The van der Waals surface area contributed by atoms with Crippen molar-refractivity contribution in [3.63, 3.8) is 0 Å². The van der Waals surface area contributed by atoms with Crippen LogP contribution < -0.4 is 5.32 Å². The number of benzene rings is 4. The van der Waals surface area contributed by atoms with E-state index in [1.54, 1.807) is 48.5 Å². The van der Waals surface area contributed by atoms with E-state index in [1.165, 1.54) is 6.20 Å². The van der Waals surface area contributed by atoms with Gasteiger partial charge >= 0.3 is 12.3 Å². The first-order valence-corrected chi connectivity index (χ1v) is 14.8. The van der Waals surface area contributed by atoms with Gasteiger partial charge in [-0.05, 0) is 57.1 Å². The molecule has 0 bridgehead atoms. The van der Waals surface area contributed by atoms with Crippen LogP contribution in [0.1, 0.15) is 33.7 Å². The highest BCUT2D eigenvalue weighted by Crippen LogP contribution is 2.45. The van der Waals surface area contributed by atoms with Gasteiger partial charge in [0.05, 0.1) is 12.2 Å². The molecule has 9 heteroatoms. The van der Waals surface area contributed by atoms with Gasteiger partial charge < -0.3 is 15.2 Å². The van der Waals surface area contributed by atoms with Crippen molar-refractivity contribution in [1.29, 1.82) is 0 Å². The molecule has 5 aromatic rings. The molecule has 1 aliphatic carbocycles. The second-order valence-electron chi connectivity index (χ2n) is 10.3. The Labute approximate surface area is 256 Å². The van der Waals surface area contributed by atoms with Crippen molar-refractivity contribution in [2.75, 3.05) is 6.61 Å². The van der Waals surface area contributed by atoms with Crippen molar-refractivity contribution in [3.05, 3.63) is 137 Å². The lowest BCUT2D eigenvalue weighted by atomic mass is 9.98. The molecule has 0 radical (unpaired) electrons. The minimum atomic E-state index is -4.69. The topological polar surface area (TPSA) is 71.5 Å². The number of rotatable bonds is 8. The van der Waals surface area contributed by atoms with Crippen LogP contribution in [-0.2, 0) is 24.1 Å². The van der Waals surface area contributed by atoms with Crippen molar-refractivity contribution in [2.45, 2.75) is 35.2 Å². The molecular weight excluding hydrogens is 585 g/mol. The Hall–Kier alpha value is -4.60. The van der Waals surface area contributed by atoms with Gasteiger partial charge in [-0.15, -0.1) is 0 Å². The lowest BCUT2D eigenvalue weighted by Gasteiger charge is -2.20. The Morgan fingerprint density at radius 3 is 2.16 bits per heavy atom. The van der Waals surface area contributed by atoms with E-state index in [9.17, 15) is 23.1 Å². The van der Waals surface area contributed by atoms with Crippen LogP contribution in [0.3, 0.4) is 0 Å². The number of aliphatic hydroxyl groups is 1. The van der Waals surface area contributed by atoms with Crippen LogP contribution in [0.4, 0.5) is 18.0 Å². The summed E-state index contributed by atoms with van der Waals surface area (Å²) in [4.78, 5) is 17.1.